The standard InChI is InChI=1S/C13H14O3/c1-2-5-9(14)8-12-10-6-3-4-7-11(10)13(15)16-12/h3-4,6-9,14H,2,5H2,1H3/b12-8-. The van der Waals surface area contributed by atoms with Crippen LogP contribution in [-0.2, 0) is 4.74 Å². The normalized spacial score (nSPS) is 18.4. The van der Waals surface area contributed by atoms with Crippen molar-refractivity contribution in [2.75, 3.05) is 0 Å². The zero-order valence-corrected chi connectivity index (χ0v) is 9.14. The lowest BCUT2D eigenvalue weighted by Crippen LogP contribution is -2.02. The van der Waals surface area contributed by atoms with Gasteiger partial charge in [0.25, 0.3) is 0 Å². The van der Waals surface area contributed by atoms with E-state index < -0.39 is 6.10 Å². The van der Waals surface area contributed by atoms with Crippen LogP contribution in [0.3, 0.4) is 0 Å². The molecule has 1 N–H and O–H groups in total. The second kappa shape index (κ2) is 4.49. The molecule has 1 heterocycles. The molecule has 0 amide bonds. The molecule has 1 aliphatic rings. The molecule has 84 valence electrons. The van der Waals surface area contributed by atoms with E-state index in [1.165, 1.54) is 0 Å². The molecule has 3 nitrogen and oxygen atoms in total. The SMILES string of the molecule is CCCC(O)/C=C1\OC(=O)c2ccccc21. The number of ether oxygens (including phenoxy) is 1. The van der Waals surface area contributed by atoms with Gasteiger partial charge < -0.3 is 9.84 Å². The van der Waals surface area contributed by atoms with Crippen molar-refractivity contribution in [2.45, 2.75) is 25.9 Å². The summed E-state index contributed by atoms with van der Waals surface area (Å²) in [5.41, 5.74) is 1.33. The highest BCUT2D eigenvalue weighted by atomic mass is 16.5. The minimum atomic E-state index is -0.557. The molecule has 0 saturated heterocycles. The van der Waals surface area contributed by atoms with Gasteiger partial charge in [-0.2, -0.15) is 0 Å². The van der Waals surface area contributed by atoms with Crippen molar-refractivity contribution in [3.8, 4) is 0 Å². The summed E-state index contributed by atoms with van der Waals surface area (Å²) in [7, 11) is 0. The Morgan fingerprint density at radius 2 is 2.06 bits per heavy atom. The maximum absolute atomic E-state index is 11.5. The molecule has 0 radical (unpaired) electrons. The van der Waals surface area contributed by atoms with Crippen LogP contribution in [0.15, 0.2) is 30.3 Å². The van der Waals surface area contributed by atoms with Gasteiger partial charge in [-0.05, 0) is 18.6 Å². The summed E-state index contributed by atoms with van der Waals surface area (Å²) in [6.45, 7) is 2.00. The van der Waals surface area contributed by atoms with E-state index in [-0.39, 0.29) is 5.97 Å². The Balaban J connectivity index is 2.30. The van der Waals surface area contributed by atoms with Crippen molar-refractivity contribution in [1.82, 2.24) is 0 Å². The second-order valence-electron chi connectivity index (χ2n) is 3.82. The van der Waals surface area contributed by atoms with Crippen LogP contribution < -0.4 is 0 Å². The van der Waals surface area contributed by atoms with E-state index in [4.69, 9.17) is 4.74 Å². The molecule has 16 heavy (non-hydrogen) atoms. The molecule has 0 aliphatic carbocycles. The summed E-state index contributed by atoms with van der Waals surface area (Å²) < 4.78 is 5.11. The molecule has 1 atom stereocenters. The van der Waals surface area contributed by atoms with Gasteiger partial charge in [-0.1, -0.05) is 31.5 Å². The maximum Gasteiger partial charge on any atom is 0.344 e. The van der Waals surface area contributed by atoms with Gasteiger partial charge in [0.15, 0.2) is 0 Å². The first kappa shape index (κ1) is 10.9. The van der Waals surface area contributed by atoms with E-state index in [9.17, 15) is 9.90 Å². The third kappa shape index (κ3) is 1.99. The van der Waals surface area contributed by atoms with Gasteiger partial charge in [-0.3, -0.25) is 0 Å². The molecule has 2 rings (SSSR count). The summed E-state index contributed by atoms with van der Waals surface area (Å²) in [5.74, 6) is 0.132. The van der Waals surface area contributed by atoms with Gasteiger partial charge in [0, 0.05) is 5.56 Å². The first-order valence-corrected chi connectivity index (χ1v) is 5.44. The van der Waals surface area contributed by atoms with Gasteiger partial charge in [0.05, 0.1) is 11.7 Å². The average Bonchev–Trinajstić information content (AvgIpc) is 2.57. The monoisotopic (exact) mass is 218 g/mol. The van der Waals surface area contributed by atoms with Gasteiger partial charge >= 0.3 is 5.97 Å². The Morgan fingerprint density at radius 1 is 1.38 bits per heavy atom. The molecular formula is C13H14O3. The van der Waals surface area contributed by atoms with Crippen molar-refractivity contribution in [3.63, 3.8) is 0 Å². The molecule has 1 aromatic rings. The number of rotatable bonds is 3. The number of hydrogen-bond acceptors (Lipinski definition) is 3. The predicted molar refractivity (Wildman–Crippen MR) is 60.7 cm³/mol. The van der Waals surface area contributed by atoms with E-state index in [0.29, 0.717) is 17.7 Å². The van der Waals surface area contributed by atoms with E-state index in [1.54, 1.807) is 18.2 Å². The molecule has 3 heteroatoms. The molecule has 0 bridgehead atoms. The number of hydrogen-bond donors (Lipinski definition) is 1. The summed E-state index contributed by atoms with van der Waals surface area (Å²) in [6.07, 6.45) is 2.61. The Bertz CT molecular complexity index is 435. The van der Waals surface area contributed by atoms with Gasteiger partial charge in [-0.25, -0.2) is 4.79 Å². The number of aliphatic hydroxyl groups excluding tert-OH is 1. The summed E-state index contributed by atoms with van der Waals surface area (Å²) in [6, 6.07) is 7.20. The predicted octanol–water partition coefficient (Wildman–Crippen LogP) is 2.36. The number of aliphatic hydroxyl groups is 1. The van der Waals surface area contributed by atoms with Crippen LogP contribution in [0.1, 0.15) is 35.7 Å². The third-order valence-corrected chi connectivity index (χ3v) is 2.54. The summed E-state index contributed by atoms with van der Waals surface area (Å²) >= 11 is 0. The van der Waals surface area contributed by atoms with Gasteiger partial charge in [-0.15, -0.1) is 0 Å². The van der Waals surface area contributed by atoms with Gasteiger partial charge in [0.1, 0.15) is 5.76 Å². The van der Waals surface area contributed by atoms with Crippen LogP contribution in [0, 0.1) is 0 Å². The highest BCUT2D eigenvalue weighted by Gasteiger charge is 2.25. The first-order chi connectivity index (χ1) is 7.72. The second-order valence-corrected chi connectivity index (χ2v) is 3.82. The highest BCUT2D eigenvalue weighted by molar-refractivity contribution is 6.02. The quantitative estimate of drug-likeness (QED) is 0.792. The highest BCUT2D eigenvalue weighted by Crippen LogP contribution is 2.29. The fraction of sp³-hybridized carbons (Fsp3) is 0.308. The van der Waals surface area contributed by atoms with Crippen molar-refractivity contribution < 1.29 is 14.6 Å². The van der Waals surface area contributed by atoms with Crippen molar-refractivity contribution in [1.29, 1.82) is 0 Å². The zero-order valence-electron chi connectivity index (χ0n) is 9.14. The molecular weight excluding hydrogens is 204 g/mol. The molecule has 1 aromatic carbocycles. The van der Waals surface area contributed by atoms with Crippen LogP contribution in [0.4, 0.5) is 0 Å². The number of cyclic esters (lactones) is 1. The zero-order chi connectivity index (χ0) is 11.5. The van der Waals surface area contributed by atoms with Crippen molar-refractivity contribution >= 4 is 11.7 Å². The Kier molecular flexibility index (Phi) is 3.06. The van der Waals surface area contributed by atoms with E-state index in [0.717, 1.165) is 12.0 Å². The van der Waals surface area contributed by atoms with Crippen LogP contribution in [0.2, 0.25) is 0 Å². The third-order valence-electron chi connectivity index (χ3n) is 2.54. The number of carbonyl (C=O) groups excluding carboxylic acids is 1. The molecule has 0 fully saturated rings. The van der Waals surface area contributed by atoms with Crippen molar-refractivity contribution in [2.24, 2.45) is 0 Å². The molecule has 1 unspecified atom stereocenters. The van der Waals surface area contributed by atoms with Crippen molar-refractivity contribution in [3.05, 3.63) is 41.5 Å². The maximum atomic E-state index is 11.5. The van der Waals surface area contributed by atoms with Crippen LogP contribution in [0.5, 0.6) is 0 Å². The topological polar surface area (TPSA) is 46.5 Å². The first-order valence-electron chi connectivity index (χ1n) is 5.44. The minimum absolute atomic E-state index is 0.342. The number of esters is 1. The van der Waals surface area contributed by atoms with E-state index >= 15 is 0 Å². The lowest BCUT2D eigenvalue weighted by atomic mass is 10.1. The smallest absolute Gasteiger partial charge is 0.344 e. The van der Waals surface area contributed by atoms with E-state index in [1.807, 2.05) is 19.1 Å². The molecule has 0 saturated carbocycles. The Hall–Kier alpha value is -1.61. The lowest BCUT2D eigenvalue weighted by Gasteiger charge is -2.04. The lowest BCUT2D eigenvalue weighted by molar-refractivity contribution is 0.0713. The van der Waals surface area contributed by atoms with Crippen LogP contribution in [0.25, 0.3) is 5.76 Å². The fourth-order valence-corrected chi connectivity index (χ4v) is 1.76. The largest absolute Gasteiger partial charge is 0.422 e. The number of fused-ring (bicyclic) bond motifs is 1. The number of carbonyl (C=O) groups is 1. The number of benzene rings is 1. The average molecular weight is 218 g/mol. The molecule has 0 spiro atoms. The molecule has 0 aromatic heterocycles. The Morgan fingerprint density at radius 3 is 2.75 bits per heavy atom. The van der Waals surface area contributed by atoms with E-state index in [2.05, 4.69) is 0 Å². The van der Waals surface area contributed by atoms with Crippen LogP contribution >= 0.6 is 0 Å². The summed E-state index contributed by atoms with van der Waals surface area (Å²) in [5, 5.41) is 9.65. The summed E-state index contributed by atoms with van der Waals surface area (Å²) in [4.78, 5) is 11.5. The fourth-order valence-electron chi connectivity index (χ4n) is 1.76. The van der Waals surface area contributed by atoms with Gasteiger partial charge in [0.2, 0.25) is 0 Å². The molecule has 1 aliphatic heterocycles. The minimum Gasteiger partial charge on any atom is -0.422 e. The Labute approximate surface area is 94.4 Å². The van der Waals surface area contributed by atoms with Crippen LogP contribution in [-0.4, -0.2) is 17.2 Å².